The molecule has 0 heterocycles. The first kappa shape index (κ1) is 13.4. The van der Waals surface area contributed by atoms with Crippen molar-refractivity contribution < 1.29 is 4.74 Å². The van der Waals surface area contributed by atoms with E-state index >= 15 is 0 Å². The van der Waals surface area contributed by atoms with Crippen LogP contribution in [0.2, 0.25) is 0 Å². The van der Waals surface area contributed by atoms with E-state index in [-0.39, 0.29) is 0 Å². The third-order valence-corrected chi connectivity index (χ3v) is 2.81. The molecule has 0 bridgehead atoms. The summed E-state index contributed by atoms with van der Waals surface area (Å²) in [5, 5.41) is 3.37. The number of ether oxygens (including phenoxy) is 1. The Morgan fingerprint density at radius 3 is 2.37 bits per heavy atom. The molecule has 3 heteroatoms. The topological polar surface area (TPSA) is 24.5 Å². The quantitative estimate of drug-likeness (QED) is 0.886. The summed E-state index contributed by atoms with van der Waals surface area (Å²) in [6.45, 7) is 0.958. The molecule has 0 aliphatic heterocycles. The maximum atomic E-state index is 5.21. The van der Waals surface area contributed by atoms with Crippen LogP contribution in [0.1, 0.15) is 5.56 Å². The van der Waals surface area contributed by atoms with Crippen LogP contribution in [0, 0.1) is 0 Å². The van der Waals surface area contributed by atoms with Crippen molar-refractivity contribution in [3.63, 3.8) is 0 Å². The summed E-state index contributed by atoms with van der Waals surface area (Å²) >= 11 is 0. The number of nitrogens with one attached hydrogen (secondary N) is 1. The molecular weight excluding hydrogens is 236 g/mol. The highest BCUT2D eigenvalue weighted by Crippen LogP contribution is 2.21. The van der Waals surface area contributed by atoms with Crippen molar-refractivity contribution in [2.45, 2.75) is 6.54 Å². The summed E-state index contributed by atoms with van der Waals surface area (Å²) in [7, 11) is 5.82. The van der Waals surface area contributed by atoms with Crippen LogP contribution in [0.5, 0.6) is 5.75 Å². The summed E-state index contributed by atoms with van der Waals surface area (Å²) in [4.78, 5) is 2.16. The molecule has 0 fully saturated rings. The lowest BCUT2D eigenvalue weighted by Gasteiger charge is -2.11. The molecule has 0 spiro atoms. The minimum absolute atomic E-state index is 0.856. The fraction of sp³-hybridized carbons (Fsp3) is 0.250. The van der Waals surface area contributed by atoms with Gasteiger partial charge in [0.2, 0.25) is 0 Å². The Labute approximate surface area is 114 Å². The van der Waals surface area contributed by atoms with Crippen LogP contribution in [0.4, 0.5) is 11.4 Å². The van der Waals surface area contributed by atoms with Crippen molar-refractivity contribution in [1.29, 1.82) is 0 Å². The van der Waals surface area contributed by atoms with E-state index in [0.717, 1.165) is 23.7 Å². The van der Waals surface area contributed by atoms with E-state index in [1.165, 1.54) is 5.56 Å². The Morgan fingerprint density at radius 2 is 1.74 bits per heavy atom. The van der Waals surface area contributed by atoms with Gasteiger partial charge in [-0.05, 0) is 43.9 Å². The largest absolute Gasteiger partial charge is 0.497 e. The van der Waals surface area contributed by atoms with Crippen molar-refractivity contribution in [2.75, 3.05) is 26.5 Å². The minimum atomic E-state index is 0.856. The number of benzene rings is 2. The van der Waals surface area contributed by atoms with Crippen LogP contribution < -0.4 is 10.1 Å². The Hall–Kier alpha value is -2.00. The fourth-order valence-corrected chi connectivity index (χ4v) is 1.93. The number of rotatable bonds is 5. The second-order valence-electron chi connectivity index (χ2n) is 4.79. The lowest BCUT2D eigenvalue weighted by molar-refractivity contribution is 0.402. The highest BCUT2D eigenvalue weighted by atomic mass is 16.5. The van der Waals surface area contributed by atoms with Crippen molar-refractivity contribution in [3.8, 4) is 5.75 Å². The second kappa shape index (κ2) is 6.25. The Bertz CT molecular complexity index is 521. The van der Waals surface area contributed by atoms with Gasteiger partial charge in [-0.1, -0.05) is 18.2 Å². The predicted molar refractivity (Wildman–Crippen MR) is 80.1 cm³/mol. The van der Waals surface area contributed by atoms with E-state index in [0.29, 0.717) is 0 Å². The van der Waals surface area contributed by atoms with Gasteiger partial charge in [-0.25, -0.2) is 0 Å². The van der Waals surface area contributed by atoms with Gasteiger partial charge in [-0.2, -0.15) is 0 Å². The molecule has 1 N–H and O–H groups in total. The molecule has 0 aliphatic rings. The number of methoxy groups -OCH3 is 1. The molecule has 2 aromatic carbocycles. The number of hydrogen-bond donors (Lipinski definition) is 1. The van der Waals surface area contributed by atoms with Gasteiger partial charge in [-0.3, -0.25) is 0 Å². The van der Waals surface area contributed by atoms with Gasteiger partial charge in [0, 0.05) is 24.0 Å². The molecule has 2 rings (SSSR count). The summed E-state index contributed by atoms with van der Waals surface area (Å²) < 4.78 is 5.21. The monoisotopic (exact) mass is 256 g/mol. The predicted octanol–water partition coefficient (Wildman–Crippen LogP) is 3.50. The molecule has 0 saturated heterocycles. The number of nitrogens with zero attached hydrogens (tertiary/aromatic N) is 1. The average molecular weight is 256 g/mol. The SMILES string of the molecule is COc1cccc(Nc2ccc(CN(C)C)cc2)c1. The van der Waals surface area contributed by atoms with Gasteiger partial charge >= 0.3 is 0 Å². The summed E-state index contributed by atoms with van der Waals surface area (Å²) in [6, 6.07) is 16.4. The molecule has 0 radical (unpaired) electrons. The van der Waals surface area contributed by atoms with E-state index in [1.807, 2.05) is 24.3 Å². The van der Waals surface area contributed by atoms with Crippen molar-refractivity contribution in [3.05, 3.63) is 54.1 Å². The lowest BCUT2D eigenvalue weighted by Crippen LogP contribution is -2.10. The third kappa shape index (κ3) is 4.00. The molecule has 0 amide bonds. The third-order valence-electron chi connectivity index (χ3n) is 2.81. The van der Waals surface area contributed by atoms with E-state index < -0.39 is 0 Å². The van der Waals surface area contributed by atoms with E-state index in [9.17, 15) is 0 Å². The van der Waals surface area contributed by atoms with E-state index in [2.05, 4.69) is 48.6 Å². The molecule has 0 aliphatic carbocycles. The number of hydrogen-bond acceptors (Lipinski definition) is 3. The Kier molecular flexibility index (Phi) is 4.42. The van der Waals surface area contributed by atoms with Gasteiger partial charge in [0.15, 0.2) is 0 Å². The van der Waals surface area contributed by atoms with Gasteiger partial charge in [0.05, 0.1) is 7.11 Å². The van der Waals surface area contributed by atoms with Crippen LogP contribution in [0.15, 0.2) is 48.5 Å². The summed E-state index contributed by atoms with van der Waals surface area (Å²) in [5.41, 5.74) is 3.41. The first-order valence-corrected chi connectivity index (χ1v) is 6.32. The maximum absolute atomic E-state index is 5.21. The van der Waals surface area contributed by atoms with Crippen LogP contribution in [0.25, 0.3) is 0 Å². The van der Waals surface area contributed by atoms with E-state index in [4.69, 9.17) is 4.74 Å². The molecule has 2 aromatic rings. The first-order chi connectivity index (χ1) is 9.17. The molecule has 0 saturated carbocycles. The number of anilines is 2. The van der Waals surface area contributed by atoms with Gasteiger partial charge < -0.3 is 15.0 Å². The van der Waals surface area contributed by atoms with Crippen molar-refractivity contribution >= 4 is 11.4 Å². The molecule has 0 unspecified atom stereocenters. The normalized spacial score (nSPS) is 10.5. The molecule has 0 aromatic heterocycles. The van der Waals surface area contributed by atoms with Crippen LogP contribution in [-0.2, 0) is 6.54 Å². The smallest absolute Gasteiger partial charge is 0.120 e. The van der Waals surface area contributed by atoms with Crippen LogP contribution in [-0.4, -0.2) is 26.1 Å². The van der Waals surface area contributed by atoms with Gasteiger partial charge in [0.1, 0.15) is 5.75 Å². The summed E-state index contributed by atoms with van der Waals surface area (Å²) in [5.74, 6) is 0.856. The lowest BCUT2D eigenvalue weighted by atomic mass is 10.2. The second-order valence-corrected chi connectivity index (χ2v) is 4.79. The molecule has 0 atom stereocenters. The molecular formula is C16H20N2O. The molecule has 3 nitrogen and oxygen atoms in total. The highest BCUT2D eigenvalue weighted by molar-refractivity contribution is 5.61. The standard InChI is InChI=1S/C16H20N2O/c1-18(2)12-13-7-9-14(10-8-13)17-15-5-4-6-16(11-15)19-3/h4-11,17H,12H2,1-3H3. The molecule has 19 heavy (non-hydrogen) atoms. The zero-order valence-corrected chi connectivity index (χ0v) is 11.7. The van der Waals surface area contributed by atoms with Gasteiger partial charge in [0.25, 0.3) is 0 Å². The van der Waals surface area contributed by atoms with E-state index in [1.54, 1.807) is 7.11 Å². The zero-order valence-electron chi connectivity index (χ0n) is 11.7. The highest BCUT2D eigenvalue weighted by Gasteiger charge is 1.98. The fourth-order valence-electron chi connectivity index (χ4n) is 1.93. The van der Waals surface area contributed by atoms with Crippen molar-refractivity contribution in [2.24, 2.45) is 0 Å². The maximum Gasteiger partial charge on any atom is 0.120 e. The van der Waals surface area contributed by atoms with Crippen LogP contribution in [0.3, 0.4) is 0 Å². The molecule has 100 valence electrons. The summed E-state index contributed by atoms with van der Waals surface area (Å²) in [6.07, 6.45) is 0. The Balaban J connectivity index is 2.06. The minimum Gasteiger partial charge on any atom is -0.497 e. The Morgan fingerprint density at radius 1 is 1.00 bits per heavy atom. The first-order valence-electron chi connectivity index (χ1n) is 6.32. The van der Waals surface area contributed by atoms with Crippen molar-refractivity contribution in [1.82, 2.24) is 4.90 Å². The van der Waals surface area contributed by atoms with Gasteiger partial charge in [-0.15, -0.1) is 0 Å². The zero-order chi connectivity index (χ0) is 13.7. The van der Waals surface area contributed by atoms with Crippen LogP contribution >= 0.6 is 0 Å². The average Bonchev–Trinajstić information content (AvgIpc) is 2.41.